The summed E-state index contributed by atoms with van der Waals surface area (Å²) >= 11 is 4.23. The third-order valence-electron chi connectivity index (χ3n) is 6.58. The number of non-ortho nitro benzene ring substituents is 2. The van der Waals surface area contributed by atoms with Crippen LogP contribution >= 0.6 is 44.7 Å². The van der Waals surface area contributed by atoms with Crippen LogP contribution in [0.4, 0.5) is 22.2 Å². The van der Waals surface area contributed by atoms with Crippen molar-refractivity contribution in [3.63, 3.8) is 0 Å². The summed E-state index contributed by atoms with van der Waals surface area (Å²) < 4.78 is 69.7. The molecule has 0 spiro atoms. The quantitative estimate of drug-likeness (QED) is 0.0646. The van der Waals surface area contributed by atoms with Crippen molar-refractivity contribution < 1.29 is 35.1 Å². The molecule has 3 aromatic heterocycles. The van der Waals surface area contributed by atoms with E-state index in [1.807, 2.05) is 20.8 Å². The second-order valence-corrected chi connectivity index (χ2v) is 21.5. The molecular formula is C32H32ClN7O10S6. The number of nitrogens with zero attached hydrogens (tertiary/aromatic N) is 5. The van der Waals surface area contributed by atoms with E-state index in [-0.39, 0.29) is 37.6 Å². The van der Waals surface area contributed by atoms with Crippen LogP contribution in [0.1, 0.15) is 24.6 Å². The summed E-state index contributed by atoms with van der Waals surface area (Å²) in [6, 6.07) is 15.4. The number of nitrogens with two attached hydrogens (primary N) is 2. The van der Waals surface area contributed by atoms with E-state index in [0.717, 1.165) is 38.9 Å². The first-order valence-corrected chi connectivity index (χ1v) is 23.4. The van der Waals surface area contributed by atoms with Gasteiger partial charge in [0, 0.05) is 73.9 Å². The molecule has 6 aromatic rings. The topological polar surface area (TPSA) is 279 Å². The highest BCUT2D eigenvalue weighted by Crippen LogP contribution is 2.23. The van der Waals surface area contributed by atoms with Crippen molar-refractivity contribution in [2.75, 3.05) is 11.5 Å². The molecule has 6 rings (SSSR count). The Morgan fingerprint density at radius 1 is 0.571 bits per heavy atom. The number of rotatable bonds is 9. The van der Waals surface area contributed by atoms with Crippen molar-refractivity contribution in [3.8, 4) is 0 Å². The number of hydrogen-bond donors (Lipinski definition) is 2. The van der Waals surface area contributed by atoms with Gasteiger partial charge in [-0.05, 0) is 69.3 Å². The summed E-state index contributed by atoms with van der Waals surface area (Å²) in [5.41, 5.74) is 11.0. The van der Waals surface area contributed by atoms with Crippen molar-refractivity contribution in [2.45, 2.75) is 47.0 Å². The minimum atomic E-state index is -3.80. The van der Waals surface area contributed by atoms with Gasteiger partial charge in [-0.25, -0.2) is 40.2 Å². The molecule has 0 radical (unpaired) electrons. The van der Waals surface area contributed by atoms with E-state index in [2.05, 4.69) is 15.0 Å². The zero-order chi connectivity index (χ0) is 41.8. The molecule has 298 valence electrons. The smallest absolute Gasteiger partial charge is 0.269 e. The van der Waals surface area contributed by atoms with Crippen molar-refractivity contribution >= 4 is 95.6 Å². The van der Waals surface area contributed by atoms with Crippen LogP contribution in [0.25, 0.3) is 0 Å². The Hall–Kier alpha value is -4.91. The van der Waals surface area contributed by atoms with Crippen LogP contribution in [0, 0.1) is 41.0 Å². The van der Waals surface area contributed by atoms with Gasteiger partial charge in [0.25, 0.3) is 20.4 Å². The molecule has 0 amide bonds. The lowest BCUT2D eigenvalue weighted by Crippen LogP contribution is -2.04. The van der Waals surface area contributed by atoms with Crippen LogP contribution in [0.15, 0.2) is 106 Å². The zero-order valence-corrected chi connectivity index (χ0v) is 35.0. The Labute approximate surface area is 338 Å². The highest BCUT2D eigenvalue weighted by atomic mass is 35.7. The Balaban J connectivity index is 0.000000210. The molecule has 0 saturated heterocycles. The summed E-state index contributed by atoms with van der Waals surface area (Å²) in [7, 11) is -5.64. The number of anilines is 2. The van der Waals surface area contributed by atoms with Crippen molar-refractivity contribution in [1.29, 1.82) is 0 Å². The maximum absolute atomic E-state index is 12.1. The Bertz CT molecular complexity index is 2580. The van der Waals surface area contributed by atoms with E-state index in [9.17, 15) is 45.5 Å². The second-order valence-electron chi connectivity index (χ2n) is 11.1. The molecule has 0 aliphatic carbocycles. The van der Waals surface area contributed by atoms with Gasteiger partial charge in [0.1, 0.15) is 21.5 Å². The van der Waals surface area contributed by atoms with Crippen LogP contribution in [0.2, 0.25) is 0 Å². The molecule has 0 bridgehead atoms. The highest BCUT2D eigenvalue weighted by molar-refractivity contribution is 8.13. The van der Waals surface area contributed by atoms with Crippen molar-refractivity contribution in [1.82, 2.24) is 15.0 Å². The maximum Gasteiger partial charge on any atom is 0.269 e. The van der Waals surface area contributed by atoms with Gasteiger partial charge in [-0.2, -0.15) is 0 Å². The first-order valence-electron chi connectivity index (χ1n) is 15.3. The summed E-state index contributed by atoms with van der Waals surface area (Å²) in [4.78, 5) is 34.7. The third-order valence-corrected chi connectivity index (χ3v) is 14.2. The number of sulfone groups is 2. The molecule has 3 heterocycles. The molecule has 0 saturated carbocycles. The van der Waals surface area contributed by atoms with Crippen LogP contribution in [-0.4, -0.2) is 50.1 Å². The lowest BCUT2D eigenvalue weighted by Gasteiger charge is -2.02. The van der Waals surface area contributed by atoms with Crippen LogP contribution in [-0.2, 0) is 40.2 Å². The minimum Gasteiger partial charge on any atom is -0.399 e. The predicted octanol–water partition coefficient (Wildman–Crippen LogP) is 6.90. The van der Waals surface area contributed by atoms with E-state index in [0.29, 0.717) is 20.8 Å². The number of hydrogen-bond acceptors (Lipinski definition) is 18. The number of nitro groups is 2. The molecule has 0 aliphatic heterocycles. The molecule has 0 unspecified atom stereocenters. The highest BCUT2D eigenvalue weighted by Gasteiger charge is 2.19. The number of nitrogen functional groups attached to an aromatic ring is 2. The van der Waals surface area contributed by atoms with Gasteiger partial charge in [0.2, 0.25) is 0 Å². The fourth-order valence-electron chi connectivity index (χ4n) is 3.98. The summed E-state index contributed by atoms with van der Waals surface area (Å²) in [5, 5.41) is 22.5. The minimum absolute atomic E-state index is 0.0601. The average Bonchev–Trinajstić information content (AvgIpc) is 3.84. The van der Waals surface area contributed by atoms with E-state index < -0.39 is 38.6 Å². The van der Waals surface area contributed by atoms with E-state index in [4.69, 9.17) is 22.1 Å². The Morgan fingerprint density at radius 2 is 0.911 bits per heavy atom. The Morgan fingerprint density at radius 3 is 1.18 bits per heavy atom. The first kappa shape index (κ1) is 45.5. The van der Waals surface area contributed by atoms with Crippen molar-refractivity contribution in [2.24, 2.45) is 0 Å². The molecule has 17 nitrogen and oxygen atoms in total. The van der Waals surface area contributed by atoms with Crippen LogP contribution in [0.5, 0.6) is 0 Å². The zero-order valence-electron chi connectivity index (χ0n) is 29.4. The third kappa shape index (κ3) is 14.6. The first-order chi connectivity index (χ1) is 26.1. The number of nitro benzene ring substituents is 2. The van der Waals surface area contributed by atoms with Gasteiger partial charge in [0.15, 0.2) is 24.8 Å². The molecule has 0 fully saturated rings. The number of aryl methyl sites for hydroxylation is 3. The van der Waals surface area contributed by atoms with Gasteiger partial charge in [0.05, 0.1) is 24.5 Å². The Kier molecular flexibility index (Phi) is 16.1. The SMILES string of the molecule is Cc1cnc(CS(=O)(=O)c2ccc(N)cc2)s1.Cc1cnc(CS(=O)(=O)c2ccc([N+](=O)[O-])cc2)s1.Cc1cnc(N)s1.O=[N+]([O-])c1ccc(S(=O)(=O)Cl)cc1. The van der Waals surface area contributed by atoms with Gasteiger partial charge in [-0.1, -0.05) is 0 Å². The number of benzene rings is 3. The average molecular weight is 903 g/mol. The van der Waals surface area contributed by atoms with E-state index >= 15 is 0 Å². The molecule has 0 atom stereocenters. The molecule has 4 N–H and O–H groups in total. The molecule has 56 heavy (non-hydrogen) atoms. The maximum atomic E-state index is 12.1. The fourth-order valence-corrected chi connectivity index (χ4v) is 10.1. The largest absolute Gasteiger partial charge is 0.399 e. The number of aromatic nitrogens is 3. The number of halogens is 1. The molecular weight excluding hydrogens is 870 g/mol. The van der Waals surface area contributed by atoms with E-state index in [1.165, 1.54) is 70.4 Å². The molecule has 0 aliphatic rings. The normalized spacial score (nSPS) is 11.1. The fraction of sp³-hybridized carbons (Fsp3) is 0.156. The summed E-state index contributed by atoms with van der Waals surface area (Å²) in [6.07, 6.45) is 5.06. The molecule has 24 heteroatoms. The van der Waals surface area contributed by atoms with E-state index in [1.54, 1.807) is 30.7 Å². The van der Waals surface area contributed by atoms with Crippen LogP contribution in [0.3, 0.4) is 0 Å². The summed E-state index contributed by atoms with van der Waals surface area (Å²) in [5.74, 6) is -0.251. The second kappa shape index (κ2) is 19.8. The van der Waals surface area contributed by atoms with Crippen molar-refractivity contribution in [3.05, 3.63) is 136 Å². The van der Waals surface area contributed by atoms with Gasteiger partial charge < -0.3 is 11.5 Å². The van der Waals surface area contributed by atoms with Gasteiger partial charge in [-0.15, -0.1) is 34.0 Å². The lowest BCUT2D eigenvalue weighted by molar-refractivity contribution is -0.385. The van der Waals surface area contributed by atoms with Gasteiger partial charge >= 0.3 is 0 Å². The predicted molar refractivity (Wildman–Crippen MR) is 217 cm³/mol. The van der Waals surface area contributed by atoms with Crippen LogP contribution < -0.4 is 11.5 Å². The standard InChI is InChI=1S/C11H10N2O4S2.C11H12N2O2S2.C6H4ClNO4S.C4H6N2S/c1-8-6-12-11(18-8)7-19(16,17)10-4-2-9(3-5-10)13(14)15;1-8-6-13-11(16-8)7-17(14,15)10-4-2-9(12)3-5-10;7-13(11,12)6-3-1-5(2-4-6)8(9)10;1-3-2-6-4(5)7-3/h2-6H,7H2,1H3;2-6H,7,12H2,1H3;1-4H;2H,1H3,(H2,5,6). The number of thiazole rings is 3. The monoisotopic (exact) mass is 901 g/mol. The summed E-state index contributed by atoms with van der Waals surface area (Å²) in [6.45, 7) is 5.73. The molecule has 3 aromatic carbocycles. The van der Waals surface area contributed by atoms with Gasteiger partial charge in [-0.3, -0.25) is 20.2 Å². The lowest BCUT2D eigenvalue weighted by atomic mass is 10.3.